The van der Waals surface area contributed by atoms with Gasteiger partial charge in [0.15, 0.2) is 5.75 Å². The van der Waals surface area contributed by atoms with Crippen molar-refractivity contribution in [3.8, 4) is 5.75 Å². The summed E-state index contributed by atoms with van der Waals surface area (Å²) in [6, 6.07) is 0.633. The van der Waals surface area contributed by atoms with E-state index in [1.807, 2.05) is 4.68 Å². The number of likely N-dealkylation sites (tertiary alicyclic amines) is 1. The maximum atomic E-state index is 9.23. The van der Waals surface area contributed by atoms with Crippen LogP contribution in [0.2, 0.25) is 0 Å². The molecule has 1 aromatic heterocycles. The van der Waals surface area contributed by atoms with Crippen LogP contribution in [0.15, 0.2) is 12.4 Å². The van der Waals surface area contributed by atoms with Gasteiger partial charge in [-0.3, -0.25) is 4.68 Å². The number of rotatable bonds is 3. The van der Waals surface area contributed by atoms with Gasteiger partial charge in [0.1, 0.15) is 0 Å². The molecule has 1 saturated heterocycles. The van der Waals surface area contributed by atoms with E-state index in [1.165, 1.54) is 25.6 Å². The molecule has 16 heavy (non-hydrogen) atoms. The van der Waals surface area contributed by atoms with Gasteiger partial charge in [0.25, 0.3) is 0 Å². The lowest BCUT2D eigenvalue weighted by Crippen LogP contribution is -2.41. The van der Waals surface area contributed by atoms with Crippen LogP contribution in [0.4, 0.5) is 0 Å². The first kappa shape index (κ1) is 11.5. The molecule has 0 bridgehead atoms. The van der Waals surface area contributed by atoms with Crippen LogP contribution in [0.25, 0.3) is 0 Å². The van der Waals surface area contributed by atoms with Crippen molar-refractivity contribution in [3.63, 3.8) is 0 Å². The highest BCUT2D eigenvalue weighted by molar-refractivity contribution is 5.08. The van der Waals surface area contributed by atoms with Crippen molar-refractivity contribution in [3.05, 3.63) is 12.4 Å². The normalized spacial score (nSPS) is 22.8. The summed E-state index contributed by atoms with van der Waals surface area (Å²) in [6.07, 6.45) is 5.75. The quantitative estimate of drug-likeness (QED) is 0.848. The second kappa shape index (κ2) is 4.87. The van der Waals surface area contributed by atoms with E-state index in [1.54, 1.807) is 6.20 Å². The number of aromatic hydroxyl groups is 1. The maximum Gasteiger partial charge on any atom is 0.153 e. The standard InChI is InChI=1S/C12H21N3O/c1-10(2)14-5-3-4-11(7-14)8-15-9-12(16)6-13-15/h6,9-11,16H,3-5,7-8H2,1-2H3. The highest BCUT2D eigenvalue weighted by Gasteiger charge is 2.21. The van der Waals surface area contributed by atoms with E-state index in [2.05, 4.69) is 23.8 Å². The summed E-state index contributed by atoms with van der Waals surface area (Å²) in [5, 5.41) is 13.4. The van der Waals surface area contributed by atoms with E-state index in [0.29, 0.717) is 12.0 Å². The summed E-state index contributed by atoms with van der Waals surface area (Å²) < 4.78 is 1.85. The van der Waals surface area contributed by atoms with Crippen molar-refractivity contribution in [2.24, 2.45) is 5.92 Å². The molecule has 0 aromatic carbocycles. The summed E-state index contributed by atoms with van der Waals surface area (Å²) in [5.41, 5.74) is 0. The average Bonchev–Trinajstić information content (AvgIpc) is 2.64. The molecule has 0 aliphatic carbocycles. The molecular formula is C12H21N3O. The smallest absolute Gasteiger partial charge is 0.153 e. The molecule has 1 aliphatic rings. The topological polar surface area (TPSA) is 41.3 Å². The number of aromatic nitrogens is 2. The third-order valence-corrected chi connectivity index (χ3v) is 3.35. The first-order valence-corrected chi connectivity index (χ1v) is 6.10. The average molecular weight is 223 g/mol. The fourth-order valence-electron chi connectivity index (χ4n) is 2.43. The molecule has 1 aromatic rings. The number of nitrogens with zero attached hydrogens (tertiary/aromatic N) is 3. The summed E-state index contributed by atoms with van der Waals surface area (Å²) >= 11 is 0. The predicted molar refractivity (Wildman–Crippen MR) is 63.3 cm³/mol. The summed E-state index contributed by atoms with van der Waals surface area (Å²) in [6.45, 7) is 7.80. The Labute approximate surface area is 96.9 Å². The van der Waals surface area contributed by atoms with Crippen LogP contribution >= 0.6 is 0 Å². The molecule has 4 heteroatoms. The minimum absolute atomic E-state index is 0.261. The fraction of sp³-hybridized carbons (Fsp3) is 0.750. The molecule has 4 nitrogen and oxygen atoms in total. The van der Waals surface area contributed by atoms with Crippen molar-refractivity contribution in [2.75, 3.05) is 13.1 Å². The van der Waals surface area contributed by atoms with E-state index < -0.39 is 0 Å². The Kier molecular flexibility index (Phi) is 3.49. The Morgan fingerprint density at radius 1 is 1.56 bits per heavy atom. The van der Waals surface area contributed by atoms with Gasteiger partial charge in [-0.2, -0.15) is 5.10 Å². The highest BCUT2D eigenvalue weighted by Crippen LogP contribution is 2.20. The molecule has 1 aliphatic heterocycles. The van der Waals surface area contributed by atoms with Crippen molar-refractivity contribution < 1.29 is 5.11 Å². The van der Waals surface area contributed by atoms with E-state index in [0.717, 1.165) is 13.1 Å². The van der Waals surface area contributed by atoms with E-state index in [9.17, 15) is 5.11 Å². The van der Waals surface area contributed by atoms with Crippen LogP contribution in [0.3, 0.4) is 0 Å². The molecule has 0 amide bonds. The number of hydrogen-bond donors (Lipinski definition) is 1. The Morgan fingerprint density at radius 2 is 2.38 bits per heavy atom. The first-order valence-electron chi connectivity index (χ1n) is 6.10. The second-order valence-electron chi connectivity index (χ2n) is 5.02. The van der Waals surface area contributed by atoms with E-state index >= 15 is 0 Å². The summed E-state index contributed by atoms with van der Waals surface area (Å²) in [4.78, 5) is 2.53. The molecule has 0 spiro atoms. The Hall–Kier alpha value is -1.03. The second-order valence-corrected chi connectivity index (χ2v) is 5.02. The van der Waals surface area contributed by atoms with Crippen LogP contribution in [0.1, 0.15) is 26.7 Å². The molecule has 1 atom stereocenters. The van der Waals surface area contributed by atoms with Gasteiger partial charge < -0.3 is 10.0 Å². The molecule has 1 N–H and O–H groups in total. The van der Waals surface area contributed by atoms with Crippen LogP contribution in [0.5, 0.6) is 5.75 Å². The molecular weight excluding hydrogens is 202 g/mol. The molecule has 0 saturated carbocycles. The van der Waals surface area contributed by atoms with Crippen LogP contribution < -0.4 is 0 Å². The molecule has 0 radical (unpaired) electrons. The number of hydrogen-bond acceptors (Lipinski definition) is 3. The molecule has 90 valence electrons. The van der Waals surface area contributed by atoms with Gasteiger partial charge >= 0.3 is 0 Å². The van der Waals surface area contributed by atoms with Crippen LogP contribution in [0, 0.1) is 5.92 Å². The van der Waals surface area contributed by atoms with E-state index in [-0.39, 0.29) is 5.75 Å². The van der Waals surface area contributed by atoms with Crippen molar-refractivity contribution in [2.45, 2.75) is 39.3 Å². The summed E-state index contributed by atoms with van der Waals surface area (Å²) in [5.74, 6) is 0.923. The Bertz CT molecular complexity index is 335. The molecule has 1 unspecified atom stereocenters. The summed E-state index contributed by atoms with van der Waals surface area (Å²) in [7, 11) is 0. The minimum Gasteiger partial charge on any atom is -0.505 e. The minimum atomic E-state index is 0.261. The molecule has 2 heterocycles. The Morgan fingerprint density at radius 3 is 3.00 bits per heavy atom. The van der Waals surface area contributed by atoms with Crippen LogP contribution in [-0.2, 0) is 6.54 Å². The highest BCUT2D eigenvalue weighted by atomic mass is 16.3. The van der Waals surface area contributed by atoms with Crippen molar-refractivity contribution in [1.82, 2.24) is 14.7 Å². The van der Waals surface area contributed by atoms with Gasteiger partial charge in [0.05, 0.1) is 12.4 Å². The van der Waals surface area contributed by atoms with Gasteiger partial charge in [-0.25, -0.2) is 0 Å². The third kappa shape index (κ3) is 2.76. The Balaban J connectivity index is 1.90. The maximum absolute atomic E-state index is 9.23. The van der Waals surface area contributed by atoms with E-state index in [4.69, 9.17) is 0 Å². The van der Waals surface area contributed by atoms with Gasteiger partial charge in [-0.1, -0.05) is 0 Å². The predicted octanol–water partition coefficient (Wildman–Crippen LogP) is 1.71. The lowest BCUT2D eigenvalue weighted by atomic mass is 9.97. The zero-order valence-corrected chi connectivity index (χ0v) is 10.1. The molecule has 2 rings (SSSR count). The largest absolute Gasteiger partial charge is 0.505 e. The lowest BCUT2D eigenvalue weighted by molar-refractivity contribution is 0.128. The third-order valence-electron chi connectivity index (χ3n) is 3.35. The fourth-order valence-corrected chi connectivity index (χ4v) is 2.43. The monoisotopic (exact) mass is 223 g/mol. The van der Waals surface area contributed by atoms with Gasteiger partial charge in [-0.15, -0.1) is 0 Å². The van der Waals surface area contributed by atoms with Gasteiger partial charge in [0, 0.05) is 19.1 Å². The lowest BCUT2D eigenvalue weighted by Gasteiger charge is -2.35. The zero-order valence-electron chi connectivity index (χ0n) is 10.1. The van der Waals surface area contributed by atoms with Gasteiger partial charge in [-0.05, 0) is 39.2 Å². The SMILES string of the molecule is CC(C)N1CCCC(Cn2cc(O)cn2)C1. The molecule has 1 fully saturated rings. The zero-order chi connectivity index (χ0) is 11.5. The van der Waals surface area contributed by atoms with Crippen molar-refractivity contribution in [1.29, 1.82) is 0 Å². The van der Waals surface area contributed by atoms with Crippen molar-refractivity contribution >= 4 is 0 Å². The van der Waals surface area contributed by atoms with Crippen LogP contribution in [-0.4, -0.2) is 38.9 Å². The first-order chi connectivity index (χ1) is 7.65. The van der Waals surface area contributed by atoms with Gasteiger partial charge in [0.2, 0.25) is 0 Å². The number of piperidine rings is 1.